The zero-order chi connectivity index (χ0) is 12.4. The van der Waals surface area contributed by atoms with Crippen molar-refractivity contribution in [3.8, 4) is 17.2 Å². The molecule has 2 rings (SSSR count). The molecule has 0 saturated carbocycles. The van der Waals surface area contributed by atoms with Gasteiger partial charge in [0.1, 0.15) is 5.75 Å². The SMILES string of the molecule is CN[C@@H](C)C(=O)c1cc2c(cc1OC)OCO2. The Hall–Kier alpha value is -1.75. The summed E-state index contributed by atoms with van der Waals surface area (Å²) in [6, 6.07) is 3.07. The summed E-state index contributed by atoms with van der Waals surface area (Å²) >= 11 is 0. The number of ketones is 1. The van der Waals surface area contributed by atoms with Crippen LogP contribution in [0.25, 0.3) is 0 Å². The molecule has 5 nitrogen and oxygen atoms in total. The molecule has 5 heteroatoms. The fourth-order valence-electron chi connectivity index (χ4n) is 1.65. The smallest absolute Gasteiger partial charge is 0.231 e. The first-order valence-electron chi connectivity index (χ1n) is 5.36. The summed E-state index contributed by atoms with van der Waals surface area (Å²) in [5.41, 5.74) is 0.499. The van der Waals surface area contributed by atoms with E-state index in [4.69, 9.17) is 14.2 Å². The average Bonchev–Trinajstić information content (AvgIpc) is 2.82. The second-order valence-corrected chi connectivity index (χ2v) is 3.78. The van der Waals surface area contributed by atoms with Gasteiger partial charge in [0.15, 0.2) is 17.3 Å². The first kappa shape index (κ1) is 11.7. The van der Waals surface area contributed by atoms with E-state index in [1.165, 1.54) is 7.11 Å². The molecule has 92 valence electrons. The van der Waals surface area contributed by atoms with E-state index in [0.717, 1.165) is 0 Å². The third-order valence-corrected chi connectivity index (χ3v) is 2.79. The van der Waals surface area contributed by atoms with Gasteiger partial charge < -0.3 is 19.5 Å². The number of likely N-dealkylation sites (N-methyl/N-ethyl adjacent to an activating group) is 1. The lowest BCUT2D eigenvalue weighted by molar-refractivity contribution is 0.0951. The summed E-state index contributed by atoms with van der Waals surface area (Å²) in [6.07, 6.45) is 0. The lowest BCUT2D eigenvalue weighted by Gasteiger charge is -2.13. The molecule has 1 aromatic carbocycles. The van der Waals surface area contributed by atoms with Gasteiger partial charge in [0, 0.05) is 6.07 Å². The number of benzene rings is 1. The van der Waals surface area contributed by atoms with E-state index in [1.54, 1.807) is 26.1 Å². The molecule has 0 radical (unpaired) electrons. The maximum absolute atomic E-state index is 12.1. The van der Waals surface area contributed by atoms with Crippen LogP contribution < -0.4 is 19.5 Å². The summed E-state index contributed by atoms with van der Waals surface area (Å²) in [5.74, 6) is 1.65. The number of fused-ring (bicyclic) bond motifs is 1. The van der Waals surface area contributed by atoms with Crippen molar-refractivity contribution >= 4 is 5.78 Å². The van der Waals surface area contributed by atoms with Crippen molar-refractivity contribution in [2.45, 2.75) is 13.0 Å². The highest BCUT2D eigenvalue weighted by Crippen LogP contribution is 2.38. The van der Waals surface area contributed by atoms with Gasteiger partial charge in [-0.05, 0) is 20.0 Å². The van der Waals surface area contributed by atoms with Gasteiger partial charge in [0.2, 0.25) is 6.79 Å². The minimum Gasteiger partial charge on any atom is -0.496 e. The lowest BCUT2D eigenvalue weighted by atomic mass is 10.0. The molecule has 17 heavy (non-hydrogen) atoms. The first-order chi connectivity index (χ1) is 8.17. The van der Waals surface area contributed by atoms with Crippen LogP contribution in [0.3, 0.4) is 0 Å². The van der Waals surface area contributed by atoms with Gasteiger partial charge in [-0.1, -0.05) is 0 Å². The standard InChI is InChI=1S/C12H15NO4/c1-7(13-2)12(14)8-4-10-11(17-6-16-10)5-9(8)15-3/h4-5,7,13H,6H2,1-3H3/t7-/m0/s1. The van der Waals surface area contributed by atoms with E-state index in [1.807, 2.05) is 0 Å². The van der Waals surface area contributed by atoms with Crippen LogP contribution in [0.2, 0.25) is 0 Å². The van der Waals surface area contributed by atoms with Crippen molar-refractivity contribution < 1.29 is 19.0 Å². The molecule has 0 spiro atoms. The van der Waals surface area contributed by atoms with Gasteiger partial charge in [0.25, 0.3) is 0 Å². The minimum atomic E-state index is -0.274. The molecule has 1 N–H and O–H groups in total. The van der Waals surface area contributed by atoms with Gasteiger partial charge in [-0.2, -0.15) is 0 Å². The summed E-state index contributed by atoms with van der Waals surface area (Å²) in [4.78, 5) is 12.1. The predicted octanol–water partition coefficient (Wildman–Crippen LogP) is 1.21. The molecule has 0 saturated heterocycles. The van der Waals surface area contributed by atoms with Crippen molar-refractivity contribution in [2.75, 3.05) is 21.0 Å². The Kier molecular flexibility index (Phi) is 3.19. The van der Waals surface area contributed by atoms with Crippen LogP contribution >= 0.6 is 0 Å². The number of ether oxygens (including phenoxy) is 3. The first-order valence-corrected chi connectivity index (χ1v) is 5.36. The Morgan fingerprint density at radius 2 is 2.06 bits per heavy atom. The number of hydrogen-bond donors (Lipinski definition) is 1. The molecule has 1 aromatic rings. The van der Waals surface area contributed by atoms with Crippen molar-refractivity contribution in [3.63, 3.8) is 0 Å². The van der Waals surface area contributed by atoms with Crippen molar-refractivity contribution in [3.05, 3.63) is 17.7 Å². The molecule has 1 atom stereocenters. The molecule has 0 amide bonds. The number of methoxy groups -OCH3 is 1. The van der Waals surface area contributed by atoms with E-state index in [2.05, 4.69) is 5.32 Å². The van der Waals surface area contributed by atoms with E-state index < -0.39 is 0 Å². The monoisotopic (exact) mass is 237 g/mol. The minimum absolute atomic E-state index is 0.0392. The van der Waals surface area contributed by atoms with E-state index in [9.17, 15) is 4.79 Å². The lowest BCUT2D eigenvalue weighted by Crippen LogP contribution is -2.30. The Balaban J connectivity index is 2.42. The summed E-state index contributed by atoms with van der Waals surface area (Å²) in [5, 5.41) is 2.91. The highest BCUT2D eigenvalue weighted by atomic mass is 16.7. The highest BCUT2D eigenvalue weighted by molar-refractivity contribution is 6.02. The van der Waals surface area contributed by atoms with Crippen LogP contribution in [0.5, 0.6) is 17.2 Å². The number of rotatable bonds is 4. The third-order valence-electron chi connectivity index (χ3n) is 2.79. The number of hydrogen-bond acceptors (Lipinski definition) is 5. The number of Topliss-reactive ketones (excluding diaryl/α,β-unsaturated/α-hetero) is 1. The number of carbonyl (C=O) groups is 1. The second kappa shape index (κ2) is 4.63. The van der Waals surface area contributed by atoms with Gasteiger partial charge in [-0.3, -0.25) is 4.79 Å². The van der Waals surface area contributed by atoms with Gasteiger partial charge in [0.05, 0.1) is 18.7 Å². The Bertz CT molecular complexity index is 444. The maximum Gasteiger partial charge on any atom is 0.231 e. The fourth-order valence-corrected chi connectivity index (χ4v) is 1.65. The van der Waals surface area contributed by atoms with E-state index >= 15 is 0 Å². The highest BCUT2D eigenvalue weighted by Gasteiger charge is 2.23. The number of carbonyl (C=O) groups excluding carboxylic acids is 1. The molecule has 0 aliphatic carbocycles. The topological polar surface area (TPSA) is 56.8 Å². The molecule has 0 fully saturated rings. The normalized spacial score (nSPS) is 14.5. The quantitative estimate of drug-likeness (QED) is 0.798. The Morgan fingerprint density at radius 1 is 1.41 bits per heavy atom. The van der Waals surface area contributed by atoms with Gasteiger partial charge in [-0.25, -0.2) is 0 Å². The van der Waals surface area contributed by atoms with Crippen molar-refractivity contribution in [2.24, 2.45) is 0 Å². The van der Waals surface area contributed by atoms with Crippen LogP contribution in [-0.4, -0.2) is 32.8 Å². The number of nitrogens with one attached hydrogen (secondary N) is 1. The Morgan fingerprint density at radius 3 is 2.65 bits per heavy atom. The third kappa shape index (κ3) is 2.06. The van der Waals surface area contributed by atoms with Crippen LogP contribution in [0.1, 0.15) is 17.3 Å². The van der Waals surface area contributed by atoms with Gasteiger partial charge in [-0.15, -0.1) is 0 Å². The molecular weight excluding hydrogens is 222 g/mol. The van der Waals surface area contributed by atoms with Crippen LogP contribution in [0.15, 0.2) is 12.1 Å². The largest absolute Gasteiger partial charge is 0.496 e. The van der Waals surface area contributed by atoms with E-state index in [-0.39, 0.29) is 18.6 Å². The second-order valence-electron chi connectivity index (χ2n) is 3.78. The zero-order valence-electron chi connectivity index (χ0n) is 10.1. The molecule has 0 bridgehead atoms. The van der Waals surface area contributed by atoms with Crippen LogP contribution in [0, 0.1) is 0 Å². The molecule has 1 aliphatic rings. The summed E-state index contributed by atoms with van der Waals surface area (Å²) in [7, 11) is 3.26. The van der Waals surface area contributed by atoms with E-state index in [0.29, 0.717) is 22.8 Å². The van der Waals surface area contributed by atoms with Gasteiger partial charge >= 0.3 is 0 Å². The molecule has 0 aromatic heterocycles. The van der Waals surface area contributed by atoms with Crippen LogP contribution in [-0.2, 0) is 0 Å². The fraction of sp³-hybridized carbons (Fsp3) is 0.417. The summed E-state index contributed by atoms with van der Waals surface area (Å²) in [6.45, 7) is 1.98. The molecular formula is C12H15NO4. The molecule has 1 aliphatic heterocycles. The summed E-state index contributed by atoms with van der Waals surface area (Å²) < 4.78 is 15.7. The Labute approximate surface area is 99.7 Å². The molecule has 1 heterocycles. The maximum atomic E-state index is 12.1. The van der Waals surface area contributed by atoms with Crippen molar-refractivity contribution in [1.82, 2.24) is 5.32 Å². The zero-order valence-corrected chi connectivity index (χ0v) is 10.1. The van der Waals surface area contributed by atoms with Crippen molar-refractivity contribution in [1.29, 1.82) is 0 Å². The predicted molar refractivity (Wildman–Crippen MR) is 62.0 cm³/mol. The van der Waals surface area contributed by atoms with Crippen LogP contribution in [0.4, 0.5) is 0 Å². The average molecular weight is 237 g/mol. The molecule has 0 unspecified atom stereocenters.